The molecule has 32 heavy (non-hydrogen) atoms. The summed E-state index contributed by atoms with van der Waals surface area (Å²) in [5, 5.41) is 5.58. The molecule has 0 spiro atoms. The molecule has 5 nitrogen and oxygen atoms in total. The standard InChI is InChI=1S/C26H20N2O3S/c1-18-23-16-24(32-25(23)28(27-18)20-10-4-2-5-11-20)26(29)30-17-19-9-8-14-22(15-19)31-21-12-6-3-7-13-21/h2-16H,17H2,1H3. The number of carbonyl (C=O) groups is 1. The first-order valence-corrected chi connectivity index (χ1v) is 11.0. The van der Waals surface area contributed by atoms with E-state index in [1.54, 1.807) is 0 Å². The van der Waals surface area contributed by atoms with Crippen LogP contribution in [0.3, 0.4) is 0 Å². The average Bonchev–Trinajstić information content (AvgIpc) is 3.40. The lowest BCUT2D eigenvalue weighted by Crippen LogP contribution is -2.03. The molecule has 5 rings (SSSR count). The van der Waals surface area contributed by atoms with Gasteiger partial charge < -0.3 is 9.47 Å². The van der Waals surface area contributed by atoms with Crippen LogP contribution in [-0.2, 0) is 11.3 Å². The topological polar surface area (TPSA) is 53.4 Å². The smallest absolute Gasteiger partial charge is 0.348 e. The Morgan fingerprint density at radius 2 is 1.62 bits per heavy atom. The first-order chi connectivity index (χ1) is 15.7. The van der Waals surface area contributed by atoms with E-state index in [2.05, 4.69) is 5.10 Å². The lowest BCUT2D eigenvalue weighted by Gasteiger charge is -2.08. The number of nitrogens with zero attached hydrogens (tertiary/aromatic N) is 2. The van der Waals surface area contributed by atoms with Crippen molar-refractivity contribution in [1.29, 1.82) is 0 Å². The van der Waals surface area contributed by atoms with E-state index in [-0.39, 0.29) is 12.6 Å². The molecule has 0 N–H and O–H groups in total. The second kappa shape index (κ2) is 8.69. The quantitative estimate of drug-likeness (QED) is 0.281. The van der Waals surface area contributed by atoms with E-state index in [0.717, 1.165) is 32.9 Å². The molecule has 0 saturated carbocycles. The third-order valence-electron chi connectivity index (χ3n) is 4.99. The van der Waals surface area contributed by atoms with Crippen LogP contribution >= 0.6 is 11.3 Å². The van der Waals surface area contributed by atoms with E-state index < -0.39 is 0 Å². The first-order valence-electron chi connectivity index (χ1n) is 10.2. The minimum atomic E-state index is -0.348. The summed E-state index contributed by atoms with van der Waals surface area (Å²) >= 11 is 1.39. The van der Waals surface area contributed by atoms with Crippen LogP contribution in [0.4, 0.5) is 0 Å². The molecule has 158 valence electrons. The van der Waals surface area contributed by atoms with Gasteiger partial charge in [-0.2, -0.15) is 5.10 Å². The Balaban J connectivity index is 1.31. The van der Waals surface area contributed by atoms with Crippen LogP contribution in [0.2, 0.25) is 0 Å². The van der Waals surface area contributed by atoms with Gasteiger partial charge in [0.15, 0.2) is 0 Å². The van der Waals surface area contributed by atoms with Gasteiger partial charge in [0.25, 0.3) is 0 Å². The molecule has 0 atom stereocenters. The van der Waals surface area contributed by atoms with E-state index in [4.69, 9.17) is 9.47 Å². The fourth-order valence-electron chi connectivity index (χ4n) is 3.44. The Kier molecular flexibility index (Phi) is 5.44. The molecule has 0 aliphatic rings. The molecule has 0 saturated heterocycles. The Morgan fingerprint density at radius 1 is 0.906 bits per heavy atom. The average molecular weight is 441 g/mol. The molecule has 0 aliphatic heterocycles. The van der Waals surface area contributed by atoms with Crippen molar-refractivity contribution < 1.29 is 14.3 Å². The second-order valence-electron chi connectivity index (χ2n) is 7.30. The molecule has 0 radical (unpaired) electrons. The van der Waals surface area contributed by atoms with Gasteiger partial charge in [-0.1, -0.05) is 48.5 Å². The van der Waals surface area contributed by atoms with Crippen molar-refractivity contribution in [1.82, 2.24) is 9.78 Å². The number of esters is 1. The van der Waals surface area contributed by atoms with Crippen molar-refractivity contribution in [3.63, 3.8) is 0 Å². The Bertz CT molecular complexity index is 1370. The number of ether oxygens (including phenoxy) is 2. The van der Waals surface area contributed by atoms with E-state index >= 15 is 0 Å². The Labute approximate surface area is 189 Å². The van der Waals surface area contributed by atoms with Crippen molar-refractivity contribution in [2.45, 2.75) is 13.5 Å². The van der Waals surface area contributed by atoms with Crippen LogP contribution in [-0.4, -0.2) is 15.7 Å². The zero-order chi connectivity index (χ0) is 21.9. The normalized spacial score (nSPS) is 10.9. The summed E-state index contributed by atoms with van der Waals surface area (Å²) < 4.78 is 13.3. The molecular weight excluding hydrogens is 420 g/mol. The summed E-state index contributed by atoms with van der Waals surface area (Å²) in [7, 11) is 0. The fourth-order valence-corrected chi connectivity index (χ4v) is 4.51. The number of carbonyl (C=O) groups excluding carboxylic acids is 1. The first kappa shape index (κ1) is 20.0. The van der Waals surface area contributed by atoms with Gasteiger partial charge in [-0.25, -0.2) is 9.48 Å². The summed E-state index contributed by atoms with van der Waals surface area (Å²) in [5.74, 6) is 1.11. The molecule has 6 heteroatoms. The van der Waals surface area contributed by atoms with E-state index in [9.17, 15) is 4.79 Å². The van der Waals surface area contributed by atoms with Gasteiger partial charge in [-0.3, -0.25) is 0 Å². The minimum absolute atomic E-state index is 0.170. The van der Waals surface area contributed by atoms with Crippen LogP contribution in [0, 0.1) is 6.92 Å². The van der Waals surface area contributed by atoms with Crippen LogP contribution < -0.4 is 4.74 Å². The van der Waals surface area contributed by atoms with E-state index in [1.165, 1.54) is 11.3 Å². The van der Waals surface area contributed by atoms with Gasteiger partial charge in [0, 0.05) is 5.39 Å². The molecule has 2 aromatic heterocycles. The molecule has 3 aromatic carbocycles. The number of thiophene rings is 1. The summed E-state index contributed by atoms with van der Waals surface area (Å²) in [6.07, 6.45) is 0. The highest BCUT2D eigenvalue weighted by Gasteiger charge is 2.18. The molecule has 0 aliphatic carbocycles. The molecule has 0 fully saturated rings. The minimum Gasteiger partial charge on any atom is -0.457 e. The summed E-state index contributed by atoms with van der Waals surface area (Å²) in [5.41, 5.74) is 2.70. The van der Waals surface area contributed by atoms with Crippen molar-refractivity contribution in [3.8, 4) is 17.2 Å². The number of hydrogen-bond donors (Lipinski definition) is 0. The highest BCUT2D eigenvalue weighted by molar-refractivity contribution is 7.20. The molecule has 0 amide bonds. The number of aromatic nitrogens is 2. The monoisotopic (exact) mass is 440 g/mol. The highest BCUT2D eigenvalue weighted by atomic mass is 32.1. The van der Waals surface area contributed by atoms with Gasteiger partial charge in [-0.15, -0.1) is 11.3 Å². The van der Waals surface area contributed by atoms with Crippen molar-refractivity contribution >= 4 is 27.5 Å². The molecule has 5 aromatic rings. The van der Waals surface area contributed by atoms with Crippen LogP contribution in [0.1, 0.15) is 20.9 Å². The molecule has 2 heterocycles. The van der Waals surface area contributed by atoms with E-state index in [1.807, 2.05) is 103 Å². The number of para-hydroxylation sites is 2. The predicted molar refractivity (Wildman–Crippen MR) is 126 cm³/mol. The third kappa shape index (κ3) is 4.13. The van der Waals surface area contributed by atoms with Crippen molar-refractivity contribution in [2.75, 3.05) is 0 Å². The van der Waals surface area contributed by atoms with Gasteiger partial charge in [0.05, 0.1) is 11.4 Å². The highest BCUT2D eigenvalue weighted by Crippen LogP contribution is 2.31. The number of benzene rings is 3. The van der Waals surface area contributed by atoms with Crippen LogP contribution in [0.25, 0.3) is 15.9 Å². The second-order valence-corrected chi connectivity index (χ2v) is 8.33. The summed E-state index contributed by atoms with van der Waals surface area (Å²) in [6, 6.07) is 28.9. The predicted octanol–water partition coefficient (Wildman–Crippen LogP) is 6.54. The van der Waals surface area contributed by atoms with Gasteiger partial charge in [0.2, 0.25) is 0 Å². The van der Waals surface area contributed by atoms with Crippen molar-refractivity contribution in [2.24, 2.45) is 0 Å². The van der Waals surface area contributed by atoms with Gasteiger partial charge >= 0.3 is 5.97 Å². The maximum Gasteiger partial charge on any atom is 0.348 e. The lowest BCUT2D eigenvalue weighted by atomic mass is 10.2. The van der Waals surface area contributed by atoms with Crippen LogP contribution in [0.5, 0.6) is 11.5 Å². The third-order valence-corrected chi connectivity index (χ3v) is 6.08. The Hall–Kier alpha value is -3.90. The van der Waals surface area contributed by atoms with E-state index in [0.29, 0.717) is 10.6 Å². The SMILES string of the molecule is Cc1nn(-c2ccccc2)c2sc(C(=O)OCc3cccc(Oc4ccccc4)c3)cc12. The summed E-state index contributed by atoms with van der Waals surface area (Å²) in [4.78, 5) is 14.2. The number of aryl methyl sites for hydroxylation is 1. The molecule has 0 unspecified atom stereocenters. The maximum atomic E-state index is 12.7. The molecular formula is C26H20N2O3S. The van der Waals surface area contributed by atoms with Gasteiger partial charge in [-0.05, 0) is 55.0 Å². The van der Waals surface area contributed by atoms with Gasteiger partial charge in [0.1, 0.15) is 27.8 Å². The summed E-state index contributed by atoms with van der Waals surface area (Å²) in [6.45, 7) is 2.12. The maximum absolute atomic E-state index is 12.7. The lowest BCUT2D eigenvalue weighted by molar-refractivity contribution is 0.0478. The Morgan fingerprint density at radius 3 is 2.41 bits per heavy atom. The van der Waals surface area contributed by atoms with Crippen LogP contribution in [0.15, 0.2) is 91.0 Å². The molecule has 0 bridgehead atoms. The zero-order valence-electron chi connectivity index (χ0n) is 17.4. The largest absolute Gasteiger partial charge is 0.457 e. The van der Waals surface area contributed by atoms with Crippen molar-refractivity contribution in [3.05, 3.63) is 107 Å². The number of rotatable bonds is 6. The number of hydrogen-bond acceptors (Lipinski definition) is 5. The fraction of sp³-hybridized carbons (Fsp3) is 0.0769. The number of fused-ring (bicyclic) bond motifs is 1. The zero-order valence-corrected chi connectivity index (χ0v) is 18.2.